The molecule has 0 bridgehead atoms. The van der Waals surface area contributed by atoms with Crippen LogP contribution in [0.2, 0.25) is 0 Å². The van der Waals surface area contributed by atoms with Crippen molar-refractivity contribution in [3.05, 3.63) is 84.2 Å². The van der Waals surface area contributed by atoms with Crippen LogP contribution in [0, 0.1) is 5.92 Å². The number of benzene rings is 2. The quantitative estimate of drug-likeness (QED) is 0.320. The molecule has 2 aliphatic rings. The van der Waals surface area contributed by atoms with Crippen molar-refractivity contribution < 1.29 is 28.6 Å². The molecule has 4 aromatic rings. The van der Waals surface area contributed by atoms with Gasteiger partial charge in [-0.3, -0.25) is 4.79 Å². The van der Waals surface area contributed by atoms with Crippen LogP contribution in [0.3, 0.4) is 0 Å². The van der Waals surface area contributed by atoms with Gasteiger partial charge in [0.2, 0.25) is 6.10 Å². The number of allylic oxidation sites excluding steroid dienone is 1. The van der Waals surface area contributed by atoms with E-state index in [0.717, 1.165) is 32.9 Å². The second-order valence-corrected chi connectivity index (χ2v) is 8.81. The number of carbonyl (C=O) groups is 3. The number of H-pyrrole nitrogens is 2. The highest BCUT2D eigenvalue weighted by atomic mass is 16.7. The molecule has 0 radical (unpaired) electrons. The third kappa shape index (κ3) is 3.91. The SMILES string of the molecule is O=C(/C=C/c1c[nH]c2ccccc12)O[C@@H]1C(=O)O[C@H]2[C@H]1OC[C@H]2C(=O)/C=C/c1c[nH]c2ccccc12. The summed E-state index contributed by atoms with van der Waals surface area (Å²) in [7, 11) is 0. The number of esters is 2. The lowest BCUT2D eigenvalue weighted by atomic mass is 9.96. The van der Waals surface area contributed by atoms with Crippen molar-refractivity contribution in [3.63, 3.8) is 0 Å². The van der Waals surface area contributed by atoms with Crippen LogP contribution in [-0.4, -0.2) is 52.6 Å². The number of ketones is 1. The van der Waals surface area contributed by atoms with Gasteiger partial charge in [-0.2, -0.15) is 0 Å². The first-order valence-corrected chi connectivity index (χ1v) is 11.6. The normalized spacial score (nSPS) is 23.6. The molecule has 36 heavy (non-hydrogen) atoms. The van der Waals surface area contributed by atoms with Crippen molar-refractivity contribution in [2.45, 2.75) is 18.3 Å². The average molecular weight is 482 g/mol. The van der Waals surface area contributed by atoms with E-state index < -0.39 is 36.2 Å². The van der Waals surface area contributed by atoms with E-state index >= 15 is 0 Å². The van der Waals surface area contributed by atoms with E-state index in [1.54, 1.807) is 18.3 Å². The smallest absolute Gasteiger partial charge is 0.350 e. The summed E-state index contributed by atoms with van der Waals surface area (Å²) in [5, 5.41) is 1.96. The number of aromatic amines is 2. The van der Waals surface area contributed by atoms with Crippen molar-refractivity contribution in [2.24, 2.45) is 5.92 Å². The second kappa shape index (κ2) is 8.98. The summed E-state index contributed by atoms with van der Waals surface area (Å²) < 4.78 is 16.5. The van der Waals surface area contributed by atoms with Gasteiger partial charge < -0.3 is 24.2 Å². The Morgan fingerprint density at radius 1 is 0.861 bits per heavy atom. The van der Waals surface area contributed by atoms with Crippen molar-refractivity contribution in [1.82, 2.24) is 9.97 Å². The number of fused-ring (bicyclic) bond motifs is 3. The maximum absolute atomic E-state index is 12.9. The topological polar surface area (TPSA) is 110 Å². The number of hydrogen-bond donors (Lipinski definition) is 2. The van der Waals surface area contributed by atoms with Crippen LogP contribution in [0.25, 0.3) is 34.0 Å². The predicted molar refractivity (Wildman–Crippen MR) is 133 cm³/mol. The maximum Gasteiger partial charge on any atom is 0.350 e. The molecular formula is C28H22N2O6. The van der Waals surface area contributed by atoms with E-state index in [9.17, 15) is 14.4 Å². The van der Waals surface area contributed by atoms with Crippen LogP contribution >= 0.6 is 0 Å². The Kier molecular flexibility index (Phi) is 5.50. The van der Waals surface area contributed by atoms with Gasteiger partial charge >= 0.3 is 11.9 Å². The Morgan fingerprint density at radius 3 is 2.14 bits per heavy atom. The number of nitrogens with one attached hydrogen (secondary N) is 2. The molecule has 0 aliphatic carbocycles. The first-order chi connectivity index (χ1) is 17.6. The zero-order valence-corrected chi connectivity index (χ0v) is 19.0. The molecule has 2 aromatic carbocycles. The summed E-state index contributed by atoms with van der Waals surface area (Å²) in [6.45, 7) is 0.0822. The van der Waals surface area contributed by atoms with Crippen molar-refractivity contribution >= 4 is 51.7 Å². The monoisotopic (exact) mass is 482 g/mol. The zero-order chi connectivity index (χ0) is 24.6. The van der Waals surface area contributed by atoms with E-state index in [2.05, 4.69) is 9.97 Å². The standard InChI is InChI=1S/C28H22N2O6/c31-23(11-9-16-13-29-21-7-3-1-5-18(16)21)20-15-34-26-25(20)36-28(33)27(26)35-24(32)12-10-17-14-30-22-8-4-2-6-19(17)22/h1-14,20,25-27,29-30H,15H2/b11-9+,12-10+/t20-,25+,26+,27-/m0/s1. The number of hydrogen-bond acceptors (Lipinski definition) is 6. The van der Waals surface area contributed by atoms with Gasteiger partial charge in [0, 0.05) is 45.8 Å². The first kappa shape index (κ1) is 22.1. The van der Waals surface area contributed by atoms with Gasteiger partial charge in [0.05, 0.1) is 12.5 Å². The van der Waals surface area contributed by atoms with Crippen molar-refractivity contribution in [2.75, 3.05) is 6.61 Å². The van der Waals surface area contributed by atoms with Gasteiger partial charge in [-0.15, -0.1) is 0 Å². The fourth-order valence-corrected chi connectivity index (χ4v) is 4.82. The Hall–Kier alpha value is -4.43. The molecule has 2 saturated heterocycles. The van der Waals surface area contributed by atoms with Gasteiger partial charge in [-0.25, -0.2) is 9.59 Å². The average Bonchev–Trinajstić information content (AvgIpc) is 3.66. The van der Waals surface area contributed by atoms with Gasteiger partial charge in [0.15, 0.2) is 5.78 Å². The second-order valence-electron chi connectivity index (χ2n) is 8.81. The number of para-hydroxylation sites is 2. The molecule has 2 N–H and O–H groups in total. The molecule has 8 heteroatoms. The third-order valence-electron chi connectivity index (χ3n) is 6.65. The summed E-state index contributed by atoms with van der Waals surface area (Å²) in [6.07, 6.45) is 6.87. The molecule has 0 spiro atoms. The van der Waals surface area contributed by atoms with Gasteiger partial charge in [-0.1, -0.05) is 36.4 Å². The number of carbonyl (C=O) groups excluding carboxylic acids is 3. The molecular weight excluding hydrogens is 460 g/mol. The van der Waals surface area contributed by atoms with Crippen LogP contribution in [0.4, 0.5) is 0 Å². The van der Waals surface area contributed by atoms with Crippen LogP contribution in [-0.2, 0) is 28.6 Å². The lowest BCUT2D eigenvalue weighted by molar-refractivity contribution is -0.162. The Bertz CT molecular complexity index is 1540. The predicted octanol–water partition coefficient (Wildman–Crippen LogP) is 3.80. The summed E-state index contributed by atoms with van der Waals surface area (Å²) in [6, 6.07) is 15.5. The minimum atomic E-state index is -1.22. The third-order valence-corrected chi connectivity index (χ3v) is 6.65. The number of aromatic nitrogens is 2. The molecule has 0 saturated carbocycles. The fraction of sp³-hybridized carbons (Fsp3) is 0.179. The van der Waals surface area contributed by atoms with Crippen molar-refractivity contribution in [3.8, 4) is 0 Å². The highest BCUT2D eigenvalue weighted by Gasteiger charge is 2.56. The zero-order valence-electron chi connectivity index (χ0n) is 19.0. The molecule has 2 aliphatic heterocycles. The van der Waals surface area contributed by atoms with Gasteiger partial charge in [0.1, 0.15) is 12.2 Å². The van der Waals surface area contributed by atoms with Gasteiger partial charge in [0.25, 0.3) is 0 Å². The molecule has 2 fully saturated rings. The van der Waals surface area contributed by atoms with E-state index in [4.69, 9.17) is 14.2 Å². The fourth-order valence-electron chi connectivity index (χ4n) is 4.82. The number of ether oxygens (including phenoxy) is 3. The molecule has 0 unspecified atom stereocenters. The maximum atomic E-state index is 12.9. The number of rotatable bonds is 6. The summed E-state index contributed by atoms with van der Waals surface area (Å²) in [5.41, 5.74) is 3.62. The molecule has 0 amide bonds. The molecule has 2 aromatic heterocycles. The minimum absolute atomic E-state index is 0.0822. The van der Waals surface area contributed by atoms with E-state index in [-0.39, 0.29) is 12.4 Å². The lowest BCUT2D eigenvalue weighted by Crippen LogP contribution is -2.35. The van der Waals surface area contributed by atoms with Crippen LogP contribution in [0.1, 0.15) is 11.1 Å². The Labute approximate surface area is 205 Å². The Balaban J connectivity index is 1.11. The van der Waals surface area contributed by atoms with E-state index in [1.165, 1.54) is 12.2 Å². The summed E-state index contributed by atoms with van der Waals surface area (Å²) >= 11 is 0. The first-order valence-electron chi connectivity index (χ1n) is 11.6. The van der Waals surface area contributed by atoms with Crippen LogP contribution in [0.5, 0.6) is 0 Å². The lowest BCUT2D eigenvalue weighted by Gasteiger charge is -2.13. The molecule has 6 rings (SSSR count). The largest absolute Gasteiger partial charge is 0.456 e. The van der Waals surface area contributed by atoms with Crippen LogP contribution < -0.4 is 0 Å². The molecule has 180 valence electrons. The molecule has 8 nitrogen and oxygen atoms in total. The summed E-state index contributed by atoms with van der Waals surface area (Å²) in [4.78, 5) is 44.1. The highest BCUT2D eigenvalue weighted by Crippen LogP contribution is 2.34. The van der Waals surface area contributed by atoms with E-state index in [1.807, 2.05) is 54.7 Å². The highest BCUT2D eigenvalue weighted by molar-refractivity contribution is 6.00. The minimum Gasteiger partial charge on any atom is -0.456 e. The van der Waals surface area contributed by atoms with Gasteiger partial charge in [-0.05, 0) is 35.9 Å². The summed E-state index contributed by atoms with van der Waals surface area (Å²) in [5.74, 6) is -2.28. The molecule has 4 heterocycles. The van der Waals surface area contributed by atoms with E-state index in [0.29, 0.717) is 0 Å². The molecule has 4 atom stereocenters. The van der Waals surface area contributed by atoms with Crippen molar-refractivity contribution in [1.29, 1.82) is 0 Å². The van der Waals surface area contributed by atoms with Crippen LogP contribution in [0.15, 0.2) is 73.1 Å². The Morgan fingerprint density at radius 2 is 1.47 bits per heavy atom.